The zero-order valence-corrected chi connectivity index (χ0v) is 9.63. The van der Waals surface area contributed by atoms with Crippen LogP contribution in [0.1, 0.15) is 4.88 Å². The van der Waals surface area contributed by atoms with Gasteiger partial charge >= 0.3 is 0 Å². The topological polar surface area (TPSA) is 0 Å². The first-order valence-electron chi connectivity index (χ1n) is 3.24. The van der Waals surface area contributed by atoms with Crippen molar-refractivity contribution in [3.05, 3.63) is 35.2 Å². The van der Waals surface area contributed by atoms with Gasteiger partial charge in [-0.3, -0.25) is 0 Å². The van der Waals surface area contributed by atoms with Crippen LogP contribution in [0.4, 0.5) is 0 Å². The number of thiophene rings is 1. The summed E-state index contributed by atoms with van der Waals surface area (Å²) < 4.78 is 1.33. The zero-order chi connectivity index (χ0) is 6.97. The minimum Gasteiger partial charge on any atom is -0.223 e. The number of rotatable bonds is 0. The molecular formula is C9H7ReS-. The summed E-state index contributed by atoms with van der Waals surface area (Å²) in [5.74, 6) is 0. The molecule has 0 N–H and O–H groups in total. The average Bonchev–Trinajstić information content (AvgIpc) is 2.27. The third-order valence-corrected chi connectivity index (χ3v) is 2.44. The van der Waals surface area contributed by atoms with E-state index in [1.165, 1.54) is 15.0 Å². The Bertz CT molecular complexity index is 318. The maximum Gasteiger partial charge on any atom is 0 e. The zero-order valence-electron chi connectivity index (χ0n) is 6.10. The van der Waals surface area contributed by atoms with Gasteiger partial charge in [-0.2, -0.15) is 17.5 Å². The number of benzene rings is 1. The second-order valence-electron chi connectivity index (χ2n) is 2.28. The molecule has 0 aliphatic rings. The minimum absolute atomic E-state index is 0. The van der Waals surface area contributed by atoms with Crippen molar-refractivity contribution in [3.63, 3.8) is 0 Å². The molecule has 2 aromatic rings. The maximum atomic E-state index is 3.28. The molecule has 0 spiro atoms. The van der Waals surface area contributed by atoms with Crippen LogP contribution in [0, 0.1) is 13.0 Å². The van der Waals surface area contributed by atoms with E-state index in [0.29, 0.717) is 0 Å². The first-order chi connectivity index (χ1) is 4.86. The van der Waals surface area contributed by atoms with Crippen LogP contribution in [-0.2, 0) is 20.4 Å². The van der Waals surface area contributed by atoms with E-state index in [9.17, 15) is 0 Å². The smallest absolute Gasteiger partial charge is 0 e. The van der Waals surface area contributed by atoms with Gasteiger partial charge in [0, 0.05) is 20.4 Å². The van der Waals surface area contributed by atoms with Gasteiger partial charge in [-0.05, 0) is 6.92 Å². The van der Waals surface area contributed by atoms with Gasteiger partial charge in [0.2, 0.25) is 0 Å². The van der Waals surface area contributed by atoms with Crippen LogP contribution in [0.2, 0.25) is 0 Å². The fourth-order valence-corrected chi connectivity index (χ4v) is 1.91. The van der Waals surface area contributed by atoms with E-state index in [1.807, 2.05) is 6.07 Å². The summed E-state index contributed by atoms with van der Waals surface area (Å²) in [4.78, 5) is 1.27. The molecule has 1 aromatic carbocycles. The number of fused-ring (bicyclic) bond motifs is 1. The number of hydrogen-bond donors (Lipinski definition) is 0. The average molecular weight is 333 g/mol. The van der Waals surface area contributed by atoms with Crippen LogP contribution in [0.3, 0.4) is 0 Å². The molecule has 0 saturated carbocycles. The second-order valence-corrected chi connectivity index (χ2v) is 3.54. The molecule has 11 heavy (non-hydrogen) atoms. The summed E-state index contributed by atoms with van der Waals surface area (Å²) in [7, 11) is 0. The summed E-state index contributed by atoms with van der Waals surface area (Å²) in [6.45, 7) is 2.09. The Hall–Kier alpha value is -0.158. The molecule has 0 saturated heterocycles. The predicted molar refractivity (Wildman–Crippen MR) is 45.4 cm³/mol. The van der Waals surface area contributed by atoms with Gasteiger partial charge in [0.05, 0.1) is 0 Å². The van der Waals surface area contributed by atoms with Gasteiger partial charge in [0.1, 0.15) is 0 Å². The van der Waals surface area contributed by atoms with Gasteiger partial charge in [0.25, 0.3) is 0 Å². The van der Waals surface area contributed by atoms with Crippen LogP contribution in [0.25, 0.3) is 10.1 Å². The van der Waals surface area contributed by atoms with Crippen molar-refractivity contribution in [2.24, 2.45) is 0 Å². The molecule has 0 amide bonds. The van der Waals surface area contributed by atoms with Crippen LogP contribution in [0.5, 0.6) is 0 Å². The third kappa shape index (κ3) is 1.70. The Balaban J connectivity index is 0.000000605. The van der Waals surface area contributed by atoms with Crippen molar-refractivity contribution in [1.29, 1.82) is 0 Å². The Kier molecular flexibility index (Phi) is 2.84. The van der Waals surface area contributed by atoms with Crippen molar-refractivity contribution in [2.75, 3.05) is 0 Å². The van der Waals surface area contributed by atoms with Gasteiger partial charge in [-0.1, -0.05) is 15.6 Å². The Morgan fingerprint density at radius 2 is 2.00 bits per heavy atom. The van der Waals surface area contributed by atoms with Crippen molar-refractivity contribution < 1.29 is 20.4 Å². The summed E-state index contributed by atoms with van der Waals surface area (Å²) >= 11 is 1.80. The number of hydrogen-bond acceptors (Lipinski definition) is 1. The second kappa shape index (κ2) is 3.49. The summed E-state index contributed by atoms with van der Waals surface area (Å²) in [5, 5.41) is 1.24. The minimum atomic E-state index is 0. The van der Waals surface area contributed by atoms with Gasteiger partial charge < -0.3 is 0 Å². The maximum absolute atomic E-state index is 3.28. The number of aryl methyl sites for hydroxylation is 1. The van der Waals surface area contributed by atoms with Gasteiger partial charge in [0.15, 0.2) is 0 Å². The van der Waals surface area contributed by atoms with Crippen molar-refractivity contribution in [1.82, 2.24) is 0 Å². The van der Waals surface area contributed by atoms with Crippen molar-refractivity contribution >= 4 is 21.4 Å². The fraction of sp³-hybridized carbons (Fsp3) is 0.111. The van der Waals surface area contributed by atoms with E-state index in [4.69, 9.17) is 0 Å². The molecule has 1 radical (unpaired) electrons. The monoisotopic (exact) mass is 334 g/mol. The van der Waals surface area contributed by atoms with Crippen LogP contribution in [0.15, 0.2) is 24.3 Å². The SMILES string of the molecule is Cc1[c-]c2ccccc2s1.[Re]. The van der Waals surface area contributed by atoms with E-state index in [-0.39, 0.29) is 20.4 Å². The van der Waals surface area contributed by atoms with Crippen molar-refractivity contribution in [2.45, 2.75) is 6.92 Å². The molecule has 0 bridgehead atoms. The molecule has 1 heterocycles. The van der Waals surface area contributed by atoms with Gasteiger partial charge in [-0.25, -0.2) is 11.3 Å². The molecular weight excluding hydrogens is 326 g/mol. The van der Waals surface area contributed by atoms with E-state index in [2.05, 4.69) is 31.2 Å². The normalized spacial score (nSPS) is 9.55. The molecule has 0 aliphatic carbocycles. The third-order valence-electron chi connectivity index (χ3n) is 1.46. The summed E-state index contributed by atoms with van der Waals surface area (Å²) in [6, 6.07) is 11.6. The van der Waals surface area contributed by atoms with E-state index in [0.717, 1.165) is 0 Å². The van der Waals surface area contributed by atoms with Crippen molar-refractivity contribution in [3.8, 4) is 0 Å². The molecule has 0 fully saturated rings. The first kappa shape index (κ1) is 8.93. The molecule has 0 atom stereocenters. The molecule has 57 valence electrons. The van der Waals surface area contributed by atoms with Crippen LogP contribution >= 0.6 is 11.3 Å². The Morgan fingerprint density at radius 1 is 1.27 bits per heavy atom. The van der Waals surface area contributed by atoms with E-state index in [1.54, 1.807) is 11.3 Å². The predicted octanol–water partition coefficient (Wildman–Crippen LogP) is 3.01. The van der Waals surface area contributed by atoms with Gasteiger partial charge in [-0.15, -0.1) is 12.1 Å². The standard InChI is InChI=1S/C9H7S.Re/c1-7-6-8-4-2-3-5-9(8)10-7;/h2-5H,1H3;/q-1;. The Morgan fingerprint density at radius 3 is 2.73 bits per heavy atom. The van der Waals surface area contributed by atoms with Crippen LogP contribution < -0.4 is 0 Å². The molecule has 0 nitrogen and oxygen atoms in total. The molecule has 1 aromatic heterocycles. The van der Waals surface area contributed by atoms with E-state index < -0.39 is 0 Å². The fourth-order valence-electron chi connectivity index (χ4n) is 1.04. The molecule has 2 heteroatoms. The summed E-state index contributed by atoms with van der Waals surface area (Å²) in [5.41, 5.74) is 0. The molecule has 0 aliphatic heterocycles. The quantitative estimate of drug-likeness (QED) is 0.650. The van der Waals surface area contributed by atoms with E-state index >= 15 is 0 Å². The Labute approximate surface area is 83.9 Å². The van der Waals surface area contributed by atoms with Crippen LogP contribution in [-0.4, -0.2) is 0 Å². The largest absolute Gasteiger partial charge is 0.223 e. The molecule has 2 rings (SSSR count). The summed E-state index contributed by atoms with van der Waals surface area (Å²) in [6.07, 6.45) is 0. The molecule has 0 unspecified atom stereocenters. The first-order valence-corrected chi connectivity index (χ1v) is 4.05.